The van der Waals surface area contributed by atoms with E-state index in [0.717, 1.165) is 32.2 Å². The number of hydrogen-bond donors (Lipinski definition) is 2. The number of nitrogens with one attached hydrogen (secondary N) is 1. The second-order valence-electron chi connectivity index (χ2n) is 4.49. The zero-order chi connectivity index (χ0) is 11.3. The average Bonchev–Trinajstić information content (AvgIpc) is 2.29. The maximum Gasteiger partial charge on any atom is 0.223 e. The molecule has 15 heavy (non-hydrogen) atoms. The molecule has 3 heteroatoms. The van der Waals surface area contributed by atoms with Gasteiger partial charge in [-0.25, -0.2) is 0 Å². The normalized spacial score (nSPS) is 28.1. The Bertz CT molecular complexity index is 220. The van der Waals surface area contributed by atoms with Crippen LogP contribution in [0.5, 0.6) is 0 Å². The maximum atomic E-state index is 11.8. The summed E-state index contributed by atoms with van der Waals surface area (Å²) in [5.74, 6) is 0.999. The van der Waals surface area contributed by atoms with Gasteiger partial charge in [0.25, 0.3) is 0 Å². The van der Waals surface area contributed by atoms with Crippen LogP contribution < -0.4 is 11.1 Å². The van der Waals surface area contributed by atoms with Gasteiger partial charge in [0.1, 0.15) is 0 Å². The van der Waals surface area contributed by atoms with Crippen molar-refractivity contribution >= 4 is 5.91 Å². The molecule has 0 heterocycles. The van der Waals surface area contributed by atoms with Gasteiger partial charge in [0.15, 0.2) is 0 Å². The van der Waals surface area contributed by atoms with Crippen molar-refractivity contribution in [2.24, 2.45) is 17.6 Å². The number of nitrogens with two attached hydrogens (primary N) is 1. The molecule has 1 saturated carbocycles. The summed E-state index contributed by atoms with van der Waals surface area (Å²) in [7, 11) is 0. The fourth-order valence-electron chi connectivity index (χ4n) is 2.06. The second-order valence-corrected chi connectivity index (χ2v) is 4.49. The zero-order valence-electron chi connectivity index (χ0n) is 9.54. The molecule has 3 nitrogen and oxygen atoms in total. The van der Waals surface area contributed by atoms with E-state index in [9.17, 15) is 4.79 Å². The first kappa shape index (κ1) is 12.2. The number of rotatable bonds is 4. The molecule has 0 saturated heterocycles. The van der Waals surface area contributed by atoms with E-state index in [1.807, 2.05) is 6.92 Å². The largest absolute Gasteiger partial charge is 0.350 e. The molecular weight excluding hydrogens is 188 g/mol. The Hall–Kier alpha value is -0.830. The van der Waals surface area contributed by atoms with Gasteiger partial charge in [0, 0.05) is 12.0 Å². The highest BCUT2D eigenvalue weighted by atomic mass is 16.1. The fourth-order valence-corrected chi connectivity index (χ4v) is 2.06. The van der Waals surface area contributed by atoms with E-state index in [2.05, 4.69) is 11.9 Å². The van der Waals surface area contributed by atoms with Crippen molar-refractivity contribution < 1.29 is 4.79 Å². The highest BCUT2D eigenvalue weighted by Crippen LogP contribution is 2.28. The lowest BCUT2D eigenvalue weighted by molar-refractivity contribution is -0.126. The lowest BCUT2D eigenvalue weighted by Gasteiger charge is -2.27. The predicted octanol–water partition coefficient (Wildman–Crippen LogP) is 1.44. The first-order valence-electron chi connectivity index (χ1n) is 5.80. The van der Waals surface area contributed by atoms with Crippen LogP contribution in [0.3, 0.4) is 0 Å². The molecule has 1 amide bonds. The van der Waals surface area contributed by atoms with Crippen LogP contribution >= 0.6 is 0 Å². The van der Waals surface area contributed by atoms with Crippen LogP contribution in [0.2, 0.25) is 0 Å². The quantitative estimate of drug-likeness (QED) is 0.690. The standard InChI is InChI=1S/C12H22N2O/c1-3-9(2)14-12(15)11-6-4-10(8-13)5-7-11/h3,9-11H,1,4-8,13H2,2H3,(H,14,15). The van der Waals surface area contributed by atoms with Crippen molar-refractivity contribution in [1.82, 2.24) is 5.32 Å². The number of amides is 1. The highest BCUT2D eigenvalue weighted by molar-refractivity contribution is 5.79. The summed E-state index contributed by atoms with van der Waals surface area (Å²) < 4.78 is 0. The third-order valence-corrected chi connectivity index (χ3v) is 3.27. The van der Waals surface area contributed by atoms with Crippen molar-refractivity contribution in [3.63, 3.8) is 0 Å². The van der Waals surface area contributed by atoms with Gasteiger partial charge in [-0.2, -0.15) is 0 Å². The van der Waals surface area contributed by atoms with Gasteiger partial charge in [-0.05, 0) is 45.1 Å². The molecular formula is C12H22N2O. The second kappa shape index (κ2) is 5.91. The maximum absolute atomic E-state index is 11.8. The molecule has 0 aromatic carbocycles. The monoisotopic (exact) mass is 210 g/mol. The first-order chi connectivity index (χ1) is 7.17. The summed E-state index contributed by atoms with van der Waals surface area (Å²) in [6, 6.07) is 0.0738. The Kier molecular flexibility index (Phi) is 4.82. The molecule has 0 spiro atoms. The van der Waals surface area contributed by atoms with Gasteiger partial charge in [-0.1, -0.05) is 6.08 Å². The van der Waals surface area contributed by atoms with E-state index in [-0.39, 0.29) is 17.9 Å². The lowest BCUT2D eigenvalue weighted by Crippen LogP contribution is -2.38. The van der Waals surface area contributed by atoms with E-state index in [1.165, 1.54) is 0 Å². The minimum Gasteiger partial charge on any atom is -0.350 e. The molecule has 1 aliphatic carbocycles. The summed E-state index contributed by atoms with van der Waals surface area (Å²) in [6.45, 7) is 6.36. The summed E-state index contributed by atoms with van der Waals surface area (Å²) in [6.07, 6.45) is 5.91. The van der Waals surface area contributed by atoms with Crippen molar-refractivity contribution in [1.29, 1.82) is 0 Å². The van der Waals surface area contributed by atoms with E-state index >= 15 is 0 Å². The predicted molar refractivity (Wildman–Crippen MR) is 62.3 cm³/mol. The minimum absolute atomic E-state index is 0.0738. The molecule has 3 N–H and O–H groups in total. The summed E-state index contributed by atoms with van der Waals surface area (Å²) >= 11 is 0. The van der Waals surface area contributed by atoms with Gasteiger partial charge >= 0.3 is 0 Å². The molecule has 0 aliphatic heterocycles. The summed E-state index contributed by atoms with van der Waals surface area (Å²) in [5, 5.41) is 2.94. The van der Waals surface area contributed by atoms with Crippen LogP contribution in [-0.2, 0) is 4.79 Å². The number of carbonyl (C=O) groups is 1. The molecule has 1 fully saturated rings. The first-order valence-corrected chi connectivity index (χ1v) is 5.80. The van der Waals surface area contributed by atoms with Crippen molar-refractivity contribution in [2.45, 2.75) is 38.6 Å². The minimum atomic E-state index is 0.0738. The summed E-state index contributed by atoms with van der Waals surface area (Å²) in [4.78, 5) is 11.8. The van der Waals surface area contributed by atoms with Crippen LogP contribution in [0.4, 0.5) is 0 Å². The molecule has 0 radical (unpaired) electrons. The summed E-state index contributed by atoms with van der Waals surface area (Å²) in [5.41, 5.74) is 5.61. The molecule has 1 unspecified atom stereocenters. The molecule has 1 atom stereocenters. The molecule has 86 valence electrons. The SMILES string of the molecule is C=CC(C)NC(=O)C1CCC(CN)CC1. The number of hydrogen-bond acceptors (Lipinski definition) is 2. The van der Waals surface area contributed by atoms with Crippen LogP contribution in [0.1, 0.15) is 32.6 Å². The van der Waals surface area contributed by atoms with Crippen LogP contribution in [0, 0.1) is 11.8 Å². The third-order valence-electron chi connectivity index (χ3n) is 3.27. The average molecular weight is 210 g/mol. The van der Waals surface area contributed by atoms with Crippen molar-refractivity contribution in [2.75, 3.05) is 6.54 Å². The Morgan fingerprint density at radius 2 is 2.13 bits per heavy atom. The molecule has 1 aliphatic rings. The van der Waals surface area contributed by atoms with Crippen molar-refractivity contribution in [3.8, 4) is 0 Å². The van der Waals surface area contributed by atoms with Gasteiger partial charge in [0.05, 0.1) is 0 Å². The van der Waals surface area contributed by atoms with E-state index < -0.39 is 0 Å². The van der Waals surface area contributed by atoms with Gasteiger partial charge in [-0.3, -0.25) is 4.79 Å². The molecule has 0 bridgehead atoms. The zero-order valence-corrected chi connectivity index (χ0v) is 9.54. The smallest absolute Gasteiger partial charge is 0.223 e. The van der Waals surface area contributed by atoms with Crippen LogP contribution in [0.25, 0.3) is 0 Å². The van der Waals surface area contributed by atoms with Gasteiger partial charge in [0.2, 0.25) is 5.91 Å². The van der Waals surface area contributed by atoms with Crippen LogP contribution in [-0.4, -0.2) is 18.5 Å². The third kappa shape index (κ3) is 3.67. The van der Waals surface area contributed by atoms with E-state index in [0.29, 0.717) is 5.92 Å². The Labute approximate surface area is 92.1 Å². The van der Waals surface area contributed by atoms with Crippen LogP contribution in [0.15, 0.2) is 12.7 Å². The Morgan fingerprint density at radius 1 is 1.53 bits per heavy atom. The highest BCUT2D eigenvalue weighted by Gasteiger charge is 2.25. The van der Waals surface area contributed by atoms with E-state index in [1.54, 1.807) is 6.08 Å². The Morgan fingerprint density at radius 3 is 2.60 bits per heavy atom. The molecule has 0 aromatic heterocycles. The van der Waals surface area contributed by atoms with Gasteiger partial charge in [-0.15, -0.1) is 6.58 Å². The fraction of sp³-hybridized carbons (Fsp3) is 0.750. The number of carbonyl (C=O) groups excluding carboxylic acids is 1. The topological polar surface area (TPSA) is 55.1 Å². The lowest BCUT2D eigenvalue weighted by atomic mass is 9.81. The van der Waals surface area contributed by atoms with E-state index in [4.69, 9.17) is 5.73 Å². The molecule has 1 rings (SSSR count). The Balaban J connectivity index is 2.33. The van der Waals surface area contributed by atoms with Crippen molar-refractivity contribution in [3.05, 3.63) is 12.7 Å². The van der Waals surface area contributed by atoms with Gasteiger partial charge < -0.3 is 11.1 Å². The molecule has 0 aromatic rings.